The number of rotatable bonds is 5. The molecule has 3 fully saturated rings. The van der Waals surface area contributed by atoms with E-state index in [0.717, 1.165) is 49.8 Å². The average molecular weight is 393 g/mol. The quantitative estimate of drug-likeness (QED) is 0.421. The number of amides is 4. The molecule has 3 aliphatic rings. The summed E-state index contributed by atoms with van der Waals surface area (Å²) < 4.78 is 5.01. The first-order chi connectivity index (χ1) is 13.4. The molecule has 2 saturated carbocycles. The minimum Gasteiger partial charge on any atom is -0.454 e. The van der Waals surface area contributed by atoms with Crippen LogP contribution in [0.15, 0.2) is 0 Å². The number of esters is 1. The summed E-state index contributed by atoms with van der Waals surface area (Å²) >= 11 is 0. The number of nitrogens with zero attached hydrogens (tertiary/aromatic N) is 1. The summed E-state index contributed by atoms with van der Waals surface area (Å²) in [5, 5.41) is 5.70. The van der Waals surface area contributed by atoms with Gasteiger partial charge in [-0.2, -0.15) is 0 Å². The lowest BCUT2D eigenvalue weighted by atomic mass is 9.73. The van der Waals surface area contributed by atoms with E-state index in [2.05, 4.69) is 10.6 Å². The molecule has 0 unspecified atom stereocenters. The molecule has 28 heavy (non-hydrogen) atoms. The second-order valence-corrected chi connectivity index (χ2v) is 8.36. The number of urea groups is 1. The molecule has 0 aromatic heterocycles. The molecule has 1 aliphatic heterocycles. The fraction of sp³-hybridized carbons (Fsp3) is 0.800. The molecule has 0 aromatic rings. The van der Waals surface area contributed by atoms with E-state index in [-0.39, 0.29) is 30.4 Å². The molecule has 4 amide bonds. The standard InChI is InChI=1S/C20H31N3O5/c1-14-8-6-7-11-20(14)18(26)23(19(27)22-20)12-17(25)28-13-16(24)21-15-9-4-2-3-5-10-15/h14-15H,2-13H2,1H3,(H,21,24)(H,22,27)/t14-,20-/m1/s1. The van der Waals surface area contributed by atoms with Crippen molar-refractivity contribution < 1.29 is 23.9 Å². The maximum Gasteiger partial charge on any atom is 0.326 e. The van der Waals surface area contributed by atoms with Crippen molar-refractivity contribution in [2.45, 2.75) is 82.7 Å². The summed E-state index contributed by atoms with van der Waals surface area (Å²) in [6.45, 7) is 1.10. The van der Waals surface area contributed by atoms with Gasteiger partial charge in [-0.05, 0) is 31.6 Å². The largest absolute Gasteiger partial charge is 0.454 e. The van der Waals surface area contributed by atoms with Crippen LogP contribution in [0.4, 0.5) is 4.79 Å². The number of ether oxygens (including phenoxy) is 1. The molecule has 1 spiro atoms. The first kappa shape index (κ1) is 20.6. The Morgan fingerprint density at radius 3 is 2.46 bits per heavy atom. The van der Waals surface area contributed by atoms with Crippen molar-refractivity contribution in [3.05, 3.63) is 0 Å². The molecule has 2 aliphatic carbocycles. The van der Waals surface area contributed by atoms with Gasteiger partial charge in [0.05, 0.1) is 0 Å². The van der Waals surface area contributed by atoms with E-state index in [9.17, 15) is 19.2 Å². The average Bonchev–Trinajstić information content (AvgIpc) is 2.85. The summed E-state index contributed by atoms with van der Waals surface area (Å²) in [6, 6.07) is -0.425. The van der Waals surface area contributed by atoms with Crippen LogP contribution in [-0.4, -0.2) is 53.4 Å². The molecular weight excluding hydrogens is 362 g/mol. The molecule has 8 nitrogen and oxygen atoms in total. The third-order valence-electron chi connectivity index (χ3n) is 6.37. The summed E-state index contributed by atoms with van der Waals surface area (Å²) in [6.07, 6.45) is 9.82. The number of carbonyl (C=O) groups is 4. The number of hydrogen-bond donors (Lipinski definition) is 2. The zero-order valence-corrected chi connectivity index (χ0v) is 16.6. The van der Waals surface area contributed by atoms with Crippen LogP contribution in [0, 0.1) is 5.92 Å². The highest BCUT2D eigenvalue weighted by Crippen LogP contribution is 2.38. The minimum atomic E-state index is -0.896. The van der Waals surface area contributed by atoms with Crippen LogP contribution in [0.5, 0.6) is 0 Å². The third kappa shape index (κ3) is 4.47. The summed E-state index contributed by atoms with van der Waals surface area (Å²) in [5.41, 5.74) is -0.896. The Morgan fingerprint density at radius 1 is 1.11 bits per heavy atom. The van der Waals surface area contributed by atoms with Crippen molar-refractivity contribution in [1.82, 2.24) is 15.5 Å². The number of carbonyl (C=O) groups excluding carboxylic acids is 4. The topological polar surface area (TPSA) is 105 Å². The van der Waals surface area contributed by atoms with E-state index in [1.165, 1.54) is 12.8 Å². The summed E-state index contributed by atoms with van der Waals surface area (Å²) in [7, 11) is 0. The monoisotopic (exact) mass is 393 g/mol. The fourth-order valence-electron chi connectivity index (χ4n) is 4.65. The van der Waals surface area contributed by atoms with E-state index in [0.29, 0.717) is 6.42 Å². The van der Waals surface area contributed by atoms with E-state index in [4.69, 9.17) is 4.74 Å². The maximum absolute atomic E-state index is 12.8. The summed E-state index contributed by atoms with van der Waals surface area (Å²) in [4.78, 5) is 50.2. The Balaban J connectivity index is 1.47. The molecule has 1 saturated heterocycles. The van der Waals surface area contributed by atoms with Gasteiger partial charge in [0.15, 0.2) is 6.61 Å². The summed E-state index contributed by atoms with van der Waals surface area (Å²) in [5.74, 6) is -1.41. The molecule has 156 valence electrons. The van der Waals surface area contributed by atoms with Gasteiger partial charge >= 0.3 is 12.0 Å². The Morgan fingerprint density at radius 2 is 1.79 bits per heavy atom. The van der Waals surface area contributed by atoms with Gasteiger partial charge in [0.2, 0.25) is 0 Å². The lowest BCUT2D eigenvalue weighted by Crippen LogP contribution is -2.54. The molecule has 3 rings (SSSR count). The SMILES string of the molecule is C[C@@H]1CCCC[C@@]12NC(=O)N(CC(=O)OCC(=O)NC1CCCCCC1)C2=O. The van der Waals surface area contributed by atoms with Crippen molar-refractivity contribution in [3.63, 3.8) is 0 Å². The van der Waals surface area contributed by atoms with Gasteiger partial charge in [-0.25, -0.2) is 4.79 Å². The first-order valence-corrected chi connectivity index (χ1v) is 10.5. The lowest BCUT2D eigenvalue weighted by molar-refractivity contribution is -0.151. The van der Waals surface area contributed by atoms with Crippen LogP contribution in [0.1, 0.15) is 71.1 Å². The van der Waals surface area contributed by atoms with Crippen molar-refractivity contribution in [2.24, 2.45) is 5.92 Å². The van der Waals surface area contributed by atoms with E-state index >= 15 is 0 Å². The van der Waals surface area contributed by atoms with E-state index in [1.54, 1.807) is 0 Å². The predicted octanol–water partition coefficient (Wildman–Crippen LogP) is 1.87. The highest BCUT2D eigenvalue weighted by atomic mass is 16.5. The number of imide groups is 1. The van der Waals surface area contributed by atoms with Crippen LogP contribution in [0.3, 0.4) is 0 Å². The van der Waals surface area contributed by atoms with Gasteiger partial charge in [0.25, 0.3) is 11.8 Å². The number of nitrogens with one attached hydrogen (secondary N) is 2. The van der Waals surface area contributed by atoms with Crippen LogP contribution >= 0.6 is 0 Å². The molecular formula is C20H31N3O5. The van der Waals surface area contributed by atoms with Crippen LogP contribution in [0.25, 0.3) is 0 Å². The zero-order chi connectivity index (χ0) is 20.1. The zero-order valence-electron chi connectivity index (χ0n) is 16.6. The smallest absolute Gasteiger partial charge is 0.326 e. The molecule has 0 radical (unpaired) electrons. The second kappa shape index (κ2) is 8.92. The van der Waals surface area contributed by atoms with Gasteiger partial charge in [-0.3, -0.25) is 19.3 Å². The first-order valence-electron chi connectivity index (χ1n) is 10.5. The Hall–Kier alpha value is -2.12. The van der Waals surface area contributed by atoms with Gasteiger partial charge in [0.1, 0.15) is 12.1 Å². The molecule has 0 bridgehead atoms. The lowest BCUT2D eigenvalue weighted by Gasteiger charge is -2.36. The Bertz CT molecular complexity index is 629. The molecule has 1 heterocycles. The van der Waals surface area contributed by atoms with Crippen molar-refractivity contribution in [2.75, 3.05) is 13.2 Å². The van der Waals surface area contributed by atoms with Crippen molar-refractivity contribution >= 4 is 23.8 Å². The fourth-order valence-corrected chi connectivity index (χ4v) is 4.65. The normalized spacial score (nSPS) is 28.8. The van der Waals surface area contributed by atoms with Crippen LogP contribution < -0.4 is 10.6 Å². The van der Waals surface area contributed by atoms with E-state index < -0.39 is 24.1 Å². The third-order valence-corrected chi connectivity index (χ3v) is 6.37. The van der Waals surface area contributed by atoms with E-state index in [1.807, 2.05) is 6.92 Å². The Kier molecular flexibility index (Phi) is 6.57. The van der Waals surface area contributed by atoms with Gasteiger partial charge in [-0.15, -0.1) is 0 Å². The van der Waals surface area contributed by atoms with Gasteiger partial charge in [0, 0.05) is 6.04 Å². The number of hydrogen-bond acceptors (Lipinski definition) is 5. The van der Waals surface area contributed by atoms with Crippen molar-refractivity contribution in [3.8, 4) is 0 Å². The second-order valence-electron chi connectivity index (χ2n) is 8.36. The molecule has 2 atom stereocenters. The highest BCUT2D eigenvalue weighted by molar-refractivity contribution is 6.09. The Labute approximate surface area is 165 Å². The molecule has 0 aromatic carbocycles. The van der Waals surface area contributed by atoms with Crippen molar-refractivity contribution in [1.29, 1.82) is 0 Å². The minimum absolute atomic E-state index is 0.0315. The predicted molar refractivity (Wildman–Crippen MR) is 101 cm³/mol. The van der Waals surface area contributed by atoms with Crippen LogP contribution in [-0.2, 0) is 19.1 Å². The maximum atomic E-state index is 12.8. The molecule has 8 heteroatoms. The van der Waals surface area contributed by atoms with Crippen LogP contribution in [0.2, 0.25) is 0 Å². The molecule has 2 N–H and O–H groups in total. The van der Waals surface area contributed by atoms with Gasteiger partial charge < -0.3 is 15.4 Å². The highest BCUT2D eigenvalue weighted by Gasteiger charge is 2.55. The van der Waals surface area contributed by atoms with Gasteiger partial charge in [-0.1, -0.05) is 45.4 Å².